The lowest BCUT2D eigenvalue weighted by atomic mass is 10.1. The van der Waals surface area contributed by atoms with Gasteiger partial charge in [0.25, 0.3) is 0 Å². The maximum Gasteiger partial charge on any atom is 0.319 e. The van der Waals surface area contributed by atoms with Gasteiger partial charge in [-0.2, -0.15) is 5.26 Å². The molecule has 0 aromatic heterocycles. The van der Waals surface area contributed by atoms with Gasteiger partial charge in [0.15, 0.2) is 0 Å². The van der Waals surface area contributed by atoms with E-state index >= 15 is 0 Å². The average Bonchev–Trinajstić information content (AvgIpc) is 2.74. The van der Waals surface area contributed by atoms with Crippen molar-refractivity contribution < 1.29 is 9.53 Å². The number of amides is 2. The molecule has 5 nitrogen and oxygen atoms in total. The van der Waals surface area contributed by atoms with Crippen molar-refractivity contribution in [3.63, 3.8) is 0 Å². The molecule has 0 heterocycles. The van der Waals surface area contributed by atoms with Gasteiger partial charge >= 0.3 is 6.03 Å². The Morgan fingerprint density at radius 3 is 2.38 bits per heavy atom. The van der Waals surface area contributed by atoms with Gasteiger partial charge in [-0.3, -0.25) is 0 Å². The fourth-order valence-corrected chi connectivity index (χ4v) is 2.91. The van der Waals surface area contributed by atoms with Crippen LogP contribution >= 0.6 is 11.6 Å². The lowest BCUT2D eigenvalue weighted by molar-refractivity contribution is 0.251. The number of rotatable bonds is 7. The van der Waals surface area contributed by atoms with Crippen molar-refractivity contribution in [2.24, 2.45) is 0 Å². The number of urea groups is 1. The number of carbonyl (C=O) groups is 1. The molecule has 3 aromatic rings. The average molecular weight is 406 g/mol. The zero-order chi connectivity index (χ0) is 20.5. The lowest BCUT2D eigenvalue weighted by Gasteiger charge is -2.13. The van der Waals surface area contributed by atoms with Crippen LogP contribution in [0.2, 0.25) is 5.02 Å². The Labute approximate surface area is 174 Å². The Bertz CT molecular complexity index is 1010. The number of carbonyl (C=O) groups excluding carboxylic acids is 1. The summed E-state index contributed by atoms with van der Waals surface area (Å²) >= 11 is 6.12. The summed E-state index contributed by atoms with van der Waals surface area (Å²) in [4.78, 5) is 12.3. The first-order valence-corrected chi connectivity index (χ1v) is 9.48. The van der Waals surface area contributed by atoms with E-state index in [2.05, 4.69) is 16.7 Å². The van der Waals surface area contributed by atoms with Crippen LogP contribution in [0.1, 0.15) is 16.7 Å². The molecule has 6 heteroatoms. The number of hydrogen-bond donors (Lipinski definition) is 2. The van der Waals surface area contributed by atoms with E-state index in [9.17, 15) is 4.79 Å². The standard InChI is InChI=1S/C23H20ClN3O2/c24-21-7-3-1-5-18(21)15-26-23(28)27-22-8-4-2-6-19(22)16-29-20-11-9-17(10-12-20)13-14-25/h1-12H,13,15-16H2,(H2,26,27,28). The minimum atomic E-state index is -0.321. The van der Waals surface area contributed by atoms with E-state index in [0.717, 1.165) is 16.7 Å². The number of ether oxygens (including phenoxy) is 1. The van der Waals surface area contributed by atoms with Gasteiger partial charge in [0.05, 0.1) is 12.5 Å². The highest BCUT2D eigenvalue weighted by atomic mass is 35.5. The molecule has 29 heavy (non-hydrogen) atoms. The van der Waals surface area contributed by atoms with Crippen LogP contribution in [0.4, 0.5) is 10.5 Å². The minimum absolute atomic E-state index is 0.304. The highest BCUT2D eigenvalue weighted by Crippen LogP contribution is 2.20. The Kier molecular flexibility index (Phi) is 7.10. The molecule has 146 valence electrons. The summed E-state index contributed by atoms with van der Waals surface area (Å²) in [6, 6.07) is 24.0. The normalized spacial score (nSPS) is 10.1. The van der Waals surface area contributed by atoms with Gasteiger partial charge in [0.2, 0.25) is 0 Å². The van der Waals surface area contributed by atoms with Gasteiger partial charge in [-0.1, -0.05) is 60.1 Å². The second-order valence-corrected chi connectivity index (χ2v) is 6.73. The molecule has 0 aliphatic rings. The molecule has 0 saturated heterocycles. The number of nitriles is 1. The second-order valence-electron chi connectivity index (χ2n) is 6.32. The number of anilines is 1. The monoisotopic (exact) mass is 405 g/mol. The highest BCUT2D eigenvalue weighted by molar-refractivity contribution is 6.31. The summed E-state index contributed by atoms with van der Waals surface area (Å²) in [5.74, 6) is 0.699. The van der Waals surface area contributed by atoms with Gasteiger partial charge in [0, 0.05) is 22.8 Å². The van der Waals surface area contributed by atoms with Crippen LogP contribution in [0.15, 0.2) is 72.8 Å². The van der Waals surface area contributed by atoms with Crippen LogP contribution in [0.3, 0.4) is 0 Å². The summed E-state index contributed by atoms with van der Waals surface area (Å²) in [6.45, 7) is 0.637. The van der Waals surface area contributed by atoms with Gasteiger partial charge in [-0.05, 0) is 35.4 Å². The number of benzene rings is 3. The number of para-hydroxylation sites is 1. The van der Waals surface area contributed by atoms with E-state index in [0.29, 0.717) is 36.0 Å². The van der Waals surface area contributed by atoms with Crippen molar-refractivity contribution in [3.8, 4) is 11.8 Å². The smallest absolute Gasteiger partial charge is 0.319 e. The van der Waals surface area contributed by atoms with Crippen LogP contribution in [0.5, 0.6) is 5.75 Å². The molecule has 0 unspecified atom stereocenters. The first-order chi connectivity index (χ1) is 14.2. The number of halogens is 1. The maximum atomic E-state index is 12.3. The first kappa shape index (κ1) is 20.2. The third-order valence-electron chi connectivity index (χ3n) is 4.26. The molecule has 2 amide bonds. The van der Waals surface area contributed by atoms with Crippen molar-refractivity contribution in [2.75, 3.05) is 5.32 Å². The summed E-state index contributed by atoms with van der Waals surface area (Å²) in [5.41, 5.74) is 3.31. The summed E-state index contributed by atoms with van der Waals surface area (Å²) in [6.07, 6.45) is 0.371. The Hall–Kier alpha value is -3.49. The third-order valence-corrected chi connectivity index (χ3v) is 4.63. The largest absolute Gasteiger partial charge is 0.489 e. The van der Waals surface area contributed by atoms with Gasteiger partial charge in [0.1, 0.15) is 12.4 Å². The van der Waals surface area contributed by atoms with E-state index < -0.39 is 0 Å². The second kappa shape index (κ2) is 10.2. The van der Waals surface area contributed by atoms with Crippen LogP contribution in [-0.4, -0.2) is 6.03 Å². The topological polar surface area (TPSA) is 74.1 Å². The fraction of sp³-hybridized carbons (Fsp3) is 0.130. The van der Waals surface area contributed by atoms with Gasteiger partial charge in [-0.25, -0.2) is 4.79 Å². The highest BCUT2D eigenvalue weighted by Gasteiger charge is 2.08. The fourth-order valence-electron chi connectivity index (χ4n) is 2.71. The lowest BCUT2D eigenvalue weighted by Crippen LogP contribution is -2.28. The van der Waals surface area contributed by atoms with E-state index in [1.165, 1.54) is 0 Å². The molecule has 3 rings (SSSR count). The summed E-state index contributed by atoms with van der Waals surface area (Å²) < 4.78 is 5.82. The zero-order valence-corrected chi connectivity index (χ0v) is 16.4. The van der Waals surface area contributed by atoms with Crippen LogP contribution < -0.4 is 15.4 Å². The zero-order valence-electron chi connectivity index (χ0n) is 15.7. The van der Waals surface area contributed by atoms with Crippen molar-refractivity contribution in [3.05, 3.63) is 94.5 Å². The molecule has 0 aliphatic heterocycles. The number of hydrogen-bond acceptors (Lipinski definition) is 3. The predicted molar refractivity (Wildman–Crippen MR) is 114 cm³/mol. The van der Waals surface area contributed by atoms with Crippen LogP contribution in [0, 0.1) is 11.3 Å². The first-order valence-electron chi connectivity index (χ1n) is 9.10. The van der Waals surface area contributed by atoms with Crippen molar-refractivity contribution >= 4 is 23.3 Å². The maximum absolute atomic E-state index is 12.3. The number of nitrogens with zero attached hydrogens (tertiary/aromatic N) is 1. The SMILES string of the molecule is N#CCc1ccc(OCc2ccccc2NC(=O)NCc2ccccc2Cl)cc1. The predicted octanol–water partition coefficient (Wildman–Crippen LogP) is 5.31. The molecule has 0 aliphatic carbocycles. The molecule has 0 atom stereocenters. The van der Waals surface area contributed by atoms with Gasteiger partial charge in [-0.15, -0.1) is 0 Å². The molecular formula is C23H20ClN3O2. The molecule has 0 saturated carbocycles. The van der Waals surface area contributed by atoms with E-state index in [1.807, 2.05) is 66.7 Å². The quantitative estimate of drug-likeness (QED) is 0.559. The Morgan fingerprint density at radius 1 is 0.966 bits per heavy atom. The third kappa shape index (κ3) is 6.00. The Balaban J connectivity index is 1.57. The molecule has 0 radical (unpaired) electrons. The van der Waals surface area contributed by atoms with Gasteiger partial charge < -0.3 is 15.4 Å². The van der Waals surface area contributed by atoms with Crippen molar-refractivity contribution in [1.29, 1.82) is 5.26 Å². The van der Waals surface area contributed by atoms with E-state index in [1.54, 1.807) is 6.07 Å². The Morgan fingerprint density at radius 2 is 1.66 bits per heavy atom. The minimum Gasteiger partial charge on any atom is -0.489 e. The summed E-state index contributed by atoms with van der Waals surface area (Å²) in [5, 5.41) is 15.0. The van der Waals surface area contributed by atoms with Crippen molar-refractivity contribution in [2.45, 2.75) is 19.6 Å². The van der Waals surface area contributed by atoms with Crippen LogP contribution in [0.25, 0.3) is 0 Å². The van der Waals surface area contributed by atoms with E-state index in [4.69, 9.17) is 21.6 Å². The molecule has 0 bridgehead atoms. The molecule has 0 spiro atoms. The summed E-state index contributed by atoms with van der Waals surface area (Å²) in [7, 11) is 0. The molecule has 2 N–H and O–H groups in total. The molecular weight excluding hydrogens is 386 g/mol. The van der Waals surface area contributed by atoms with Crippen molar-refractivity contribution in [1.82, 2.24) is 5.32 Å². The molecule has 0 fully saturated rings. The molecule has 3 aromatic carbocycles. The van der Waals surface area contributed by atoms with E-state index in [-0.39, 0.29) is 6.03 Å². The number of nitrogens with one attached hydrogen (secondary N) is 2. The van der Waals surface area contributed by atoms with Crippen LogP contribution in [-0.2, 0) is 19.6 Å².